The van der Waals surface area contributed by atoms with E-state index in [9.17, 15) is 0 Å². The average molecular weight is 343 g/mol. The van der Waals surface area contributed by atoms with Crippen LogP contribution >= 0.6 is 39.1 Å². The Morgan fingerprint density at radius 2 is 1.78 bits per heavy atom. The highest BCUT2D eigenvalue weighted by Gasteiger charge is 2.08. The molecule has 0 aliphatic rings. The quantitative estimate of drug-likeness (QED) is 0.730. The number of nitrogens with zero attached hydrogens (tertiary/aromatic N) is 1. The van der Waals surface area contributed by atoms with Gasteiger partial charge in [-0.3, -0.25) is 0 Å². The summed E-state index contributed by atoms with van der Waals surface area (Å²) in [6, 6.07) is 12.1. The van der Waals surface area contributed by atoms with Crippen molar-refractivity contribution >= 4 is 39.1 Å². The van der Waals surface area contributed by atoms with Crippen LogP contribution in [0.25, 0.3) is 0 Å². The molecule has 0 unspecified atom stereocenters. The standard InChI is InChI=1S/C13H6BrCl2NO/c14-9-1-3-13(11(16)6-9)18-12-4-2-10(15)5-8(12)7-17/h1-6H. The maximum Gasteiger partial charge on any atom is 0.146 e. The van der Waals surface area contributed by atoms with Gasteiger partial charge >= 0.3 is 0 Å². The summed E-state index contributed by atoms with van der Waals surface area (Å²) in [4.78, 5) is 0. The fourth-order valence-corrected chi connectivity index (χ4v) is 2.24. The molecule has 90 valence electrons. The van der Waals surface area contributed by atoms with Crippen LogP contribution in [0.1, 0.15) is 5.56 Å². The molecule has 0 amide bonds. The van der Waals surface area contributed by atoms with Crippen LogP contribution in [0.15, 0.2) is 40.9 Å². The lowest BCUT2D eigenvalue weighted by Crippen LogP contribution is -1.89. The molecule has 0 heterocycles. The summed E-state index contributed by atoms with van der Waals surface area (Å²) in [5, 5.41) is 9.95. The van der Waals surface area contributed by atoms with Gasteiger partial charge in [0.05, 0.1) is 10.6 Å². The van der Waals surface area contributed by atoms with Crippen molar-refractivity contribution in [3.8, 4) is 17.6 Å². The van der Waals surface area contributed by atoms with Crippen molar-refractivity contribution in [1.29, 1.82) is 5.26 Å². The summed E-state index contributed by atoms with van der Waals surface area (Å²) in [6.07, 6.45) is 0. The van der Waals surface area contributed by atoms with E-state index < -0.39 is 0 Å². The second kappa shape index (κ2) is 5.62. The zero-order chi connectivity index (χ0) is 13.1. The van der Waals surface area contributed by atoms with E-state index in [1.807, 2.05) is 12.1 Å². The third-order valence-electron chi connectivity index (χ3n) is 2.18. The second-order valence-corrected chi connectivity index (χ2v) is 5.19. The third-order valence-corrected chi connectivity index (χ3v) is 3.20. The van der Waals surface area contributed by atoms with Gasteiger partial charge in [-0.1, -0.05) is 39.1 Å². The van der Waals surface area contributed by atoms with E-state index in [4.69, 9.17) is 33.2 Å². The van der Waals surface area contributed by atoms with E-state index in [2.05, 4.69) is 15.9 Å². The third kappa shape index (κ3) is 2.97. The first-order valence-electron chi connectivity index (χ1n) is 4.92. The first-order chi connectivity index (χ1) is 8.60. The maximum atomic E-state index is 9.01. The normalized spacial score (nSPS) is 9.89. The summed E-state index contributed by atoms with van der Waals surface area (Å²) < 4.78 is 6.47. The van der Waals surface area contributed by atoms with Gasteiger partial charge in [0.2, 0.25) is 0 Å². The number of halogens is 3. The fourth-order valence-electron chi connectivity index (χ4n) is 1.36. The molecule has 0 saturated carbocycles. The van der Waals surface area contributed by atoms with Gasteiger partial charge in [0.15, 0.2) is 0 Å². The fraction of sp³-hybridized carbons (Fsp3) is 0. The van der Waals surface area contributed by atoms with Crippen LogP contribution in [0.5, 0.6) is 11.5 Å². The minimum Gasteiger partial charge on any atom is -0.454 e. The zero-order valence-corrected chi connectivity index (χ0v) is 12.1. The molecule has 2 aromatic carbocycles. The number of benzene rings is 2. The lowest BCUT2D eigenvalue weighted by atomic mass is 10.2. The smallest absolute Gasteiger partial charge is 0.146 e. The Morgan fingerprint density at radius 1 is 1.06 bits per heavy atom. The Morgan fingerprint density at radius 3 is 2.44 bits per heavy atom. The molecule has 0 aliphatic heterocycles. The maximum absolute atomic E-state index is 9.01. The second-order valence-electron chi connectivity index (χ2n) is 3.43. The largest absolute Gasteiger partial charge is 0.454 e. The topological polar surface area (TPSA) is 33.0 Å². The van der Waals surface area contributed by atoms with Gasteiger partial charge in [0.25, 0.3) is 0 Å². The molecule has 0 saturated heterocycles. The Hall–Kier alpha value is -1.21. The Labute approximate surface area is 123 Å². The molecule has 0 radical (unpaired) electrons. The van der Waals surface area contributed by atoms with E-state index in [1.54, 1.807) is 30.3 Å². The summed E-state index contributed by atoms with van der Waals surface area (Å²) in [7, 11) is 0. The van der Waals surface area contributed by atoms with Crippen molar-refractivity contribution in [3.05, 3.63) is 56.5 Å². The molecule has 5 heteroatoms. The lowest BCUT2D eigenvalue weighted by Gasteiger charge is -2.09. The molecule has 0 spiro atoms. The van der Waals surface area contributed by atoms with Crippen molar-refractivity contribution in [3.63, 3.8) is 0 Å². The molecule has 0 bridgehead atoms. The van der Waals surface area contributed by atoms with Crippen LogP contribution < -0.4 is 4.74 Å². The molecule has 0 aliphatic carbocycles. The van der Waals surface area contributed by atoms with E-state index in [-0.39, 0.29) is 0 Å². The van der Waals surface area contributed by atoms with E-state index in [1.165, 1.54) is 0 Å². The zero-order valence-electron chi connectivity index (χ0n) is 8.95. The molecule has 0 fully saturated rings. The number of ether oxygens (including phenoxy) is 1. The molecule has 18 heavy (non-hydrogen) atoms. The highest BCUT2D eigenvalue weighted by Crippen LogP contribution is 2.33. The Bertz CT molecular complexity index is 637. The van der Waals surface area contributed by atoms with Gasteiger partial charge in [0, 0.05) is 9.50 Å². The number of nitriles is 1. The van der Waals surface area contributed by atoms with Crippen LogP contribution in [0.2, 0.25) is 10.0 Å². The van der Waals surface area contributed by atoms with Crippen molar-refractivity contribution in [2.75, 3.05) is 0 Å². The molecule has 0 N–H and O–H groups in total. The van der Waals surface area contributed by atoms with E-state index >= 15 is 0 Å². The summed E-state index contributed by atoms with van der Waals surface area (Å²) in [5.41, 5.74) is 0.362. The Balaban J connectivity index is 2.37. The van der Waals surface area contributed by atoms with Crippen LogP contribution in [-0.2, 0) is 0 Å². The molecular weight excluding hydrogens is 337 g/mol. The van der Waals surface area contributed by atoms with Crippen LogP contribution in [0.4, 0.5) is 0 Å². The van der Waals surface area contributed by atoms with E-state index in [0.717, 1.165) is 4.47 Å². The summed E-state index contributed by atoms with van der Waals surface area (Å²) in [6.45, 7) is 0. The van der Waals surface area contributed by atoms with Gasteiger partial charge < -0.3 is 4.74 Å². The number of hydrogen-bond acceptors (Lipinski definition) is 2. The molecular formula is C13H6BrCl2NO. The predicted octanol–water partition coefficient (Wildman–Crippen LogP) is 5.42. The van der Waals surface area contributed by atoms with Gasteiger partial charge in [0.1, 0.15) is 17.6 Å². The van der Waals surface area contributed by atoms with Gasteiger partial charge in [-0.25, -0.2) is 0 Å². The first kappa shape index (κ1) is 13.2. The van der Waals surface area contributed by atoms with Crippen LogP contribution in [0, 0.1) is 11.3 Å². The molecule has 0 aromatic heterocycles. The van der Waals surface area contributed by atoms with Crippen molar-refractivity contribution in [2.45, 2.75) is 0 Å². The molecule has 2 aromatic rings. The highest BCUT2D eigenvalue weighted by atomic mass is 79.9. The molecule has 0 atom stereocenters. The van der Waals surface area contributed by atoms with Crippen molar-refractivity contribution in [1.82, 2.24) is 0 Å². The number of hydrogen-bond donors (Lipinski definition) is 0. The monoisotopic (exact) mass is 341 g/mol. The highest BCUT2D eigenvalue weighted by molar-refractivity contribution is 9.10. The minimum absolute atomic E-state index is 0.362. The van der Waals surface area contributed by atoms with Gasteiger partial charge in [-0.2, -0.15) is 5.26 Å². The van der Waals surface area contributed by atoms with Crippen LogP contribution in [0.3, 0.4) is 0 Å². The van der Waals surface area contributed by atoms with Crippen molar-refractivity contribution in [2.24, 2.45) is 0 Å². The first-order valence-corrected chi connectivity index (χ1v) is 6.47. The van der Waals surface area contributed by atoms with Gasteiger partial charge in [-0.05, 0) is 36.4 Å². The lowest BCUT2D eigenvalue weighted by molar-refractivity contribution is 0.481. The minimum atomic E-state index is 0.362. The Kier molecular flexibility index (Phi) is 4.13. The van der Waals surface area contributed by atoms with Crippen LogP contribution in [-0.4, -0.2) is 0 Å². The SMILES string of the molecule is N#Cc1cc(Cl)ccc1Oc1ccc(Br)cc1Cl. The van der Waals surface area contributed by atoms with Crippen molar-refractivity contribution < 1.29 is 4.74 Å². The van der Waals surface area contributed by atoms with E-state index in [0.29, 0.717) is 27.1 Å². The molecule has 2 nitrogen and oxygen atoms in total. The summed E-state index contributed by atoms with van der Waals surface area (Å²) >= 11 is 15.2. The van der Waals surface area contributed by atoms with Gasteiger partial charge in [-0.15, -0.1) is 0 Å². The summed E-state index contributed by atoms with van der Waals surface area (Å²) in [5.74, 6) is 0.907. The molecule has 2 rings (SSSR count). The average Bonchev–Trinajstić information content (AvgIpc) is 2.34. The predicted molar refractivity (Wildman–Crippen MR) is 75.4 cm³/mol. The number of rotatable bonds is 2.